The zero-order valence-electron chi connectivity index (χ0n) is 24.8. The molecular weight excluding hydrogens is 639 g/mol. The van der Waals surface area contributed by atoms with Crippen LogP contribution in [0.3, 0.4) is 0 Å². The molecule has 4 heterocycles. The Morgan fingerprint density at radius 3 is 2.76 bits per heavy atom. The number of hydrogen-bond acceptors (Lipinski definition) is 8. The molecular formula is C31H34Cl2N6O5S. The molecule has 2 aromatic heterocycles. The highest BCUT2D eigenvalue weighted by atomic mass is 35.5. The molecule has 2 aliphatic rings. The van der Waals surface area contributed by atoms with Crippen LogP contribution in [0.5, 0.6) is 5.75 Å². The summed E-state index contributed by atoms with van der Waals surface area (Å²) in [6.45, 7) is 6.09. The monoisotopic (exact) mass is 672 g/mol. The molecule has 0 unspecified atom stereocenters. The van der Waals surface area contributed by atoms with E-state index in [1.54, 1.807) is 18.6 Å². The Morgan fingerprint density at radius 1 is 1.16 bits per heavy atom. The molecule has 2 aromatic carbocycles. The number of hydrogen-bond donors (Lipinski definition) is 1. The Labute approximate surface area is 272 Å². The van der Waals surface area contributed by atoms with E-state index in [-0.39, 0.29) is 34.0 Å². The molecule has 0 bridgehead atoms. The lowest BCUT2D eigenvalue weighted by Gasteiger charge is -2.27. The van der Waals surface area contributed by atoms with E-state index in [1.165, 1.54) is 16.4 Å². The van der Waals surface area contributed by atoms with Crippen LogP contribution in [0.4, 0.5) is 0 Å². The van der Waals surface area contributed by atoms with Gasteiger partial charge in [-0.05, 0) is 44.0 Å². The lowest BCUT2D eigenvalue weighted by Crippen LogP contribution is -2.48. The number of fused-ring (bicyclic) bond motifs is 1. The third-order valence-corrected chi connectivity index (χ3v) is 11.0. The number of morpholine rings is 1. The molecule has 11 nitrogen and oxygen atoms in total. The molecule has 0 aliphatic carbocycles. The van der Waals surface area contributed by atoms with Gasteiger partial charge in [-0.3, -0.25) is 9.69 Å². The van der Waals surface area contributed by atoms with Gasteiger partial charge in [0.15, 0.2) is 0 Å². The summed E-state index contributed by atoms with van der Waals surface area (Å²) in [5.41, 5.74) is 2.65. The van der Waals surface area contributed by atoms with Gasteiger partial charge in [0.2, 0.25) is 15.9 Å². The lowest BCUT2D eigenvalue weighted by molar-refractivity contribution is -0.124. The Hall–Kier alpha value is -3.26. The summed E-state index contributed by atoms with van der Waals surface area (Å²) in [7, 11) is -4.12. The molecule has 0 saturated carbocycles. The SMILES string of the molecule is Cc1cc(-n2ccnc2)c2cccc(OCc3c(Cl)ccc(S(=O)(=O)N4CCC[C@H]4C(=O)NCCN4CCOCC4)c3Cl)c2n1. The molecule has 0 spiro atoms. The predicted octanol–water partition coefficient (Wildman–Crippen LogP) is 4.22. The summed E-state index contributed by atoms with van der Waals surface area (Å²) >= 11 is 13.3. The molecule has 4 aromatic rings. The van der Waals surface area contributed by atoms with E-state index in [4.69, 9.17) is 37.7 Å². The van der Waals surface area contributed by atoms with Gasteiger partial charge in [-0.15, -0.1) is 0 Å². The highest BCUT2D eigenvalue weighted by Crippen LogP contribution is 2.37. The largest absolute Gasteiger partial charge is 0.487 e. The molecule has 6 rings (SSSR count). The van der Waals surface area contributed by atoms with Gasteiger partial charge in [0.1, 0.15) is 28.8 Å². The second kappa shape index (κ2) is 13.6. The quantitative estimate of drug-likeness (QED) is 0.266. The maximum atomic E-state index is 13.9. The molecule has 1 atom stereocenters. The fourth-order valence-electron chi connectivity index (χ4n) is 5.81. The van der Waals surface area contributed by atoms with Crippen LogP contribution in [0.25, 0.3) is 16.6 Å². The Balaban J connectivity index is 1.21. The topological polar surface area (TPSA) is 119 Å². The molecule has 2 saturated heterocycles. The number of aryl methyl sites for hydroxylation is 1. The van der Waals surface area contributed by atoms with Crippen molar-refractivity contribution in [2.75, 3.05) is 45.9 Å². The first-order valence-electron chi connectivity index (χ1n) is 14.8. The summed E-state index contributed by atoms with van der Waals surface area (Å²) in [6.07, 6.45) is 6.27. The number of nitrogens with one attached hydrogen (secondary N) is 1. The Morgan fingerprint density at radius 2 is 1.98 bits per heavy atom. The van der Waals surface area contributed by atoms with Crippen molar-refractivity contribution in [3.8, 4) is 11.4 Å². The number of halogens is 2. The van der Waals surface area contributed by atoms with E-state index in [9.17, 15) is 13.2 Å². The number of benzene rings is 2. The van der Waals surface area contributed by atoms with E-state index < -0.39 is 16.1 Å². The van der Waals surface area contributed by atoms with Crippen molar-refractivity contribution in [1.29, 1.82) is 0 Å². The second-order valence-electron chi connectivity index (χ2n) is 11.1. The van der Waals surface area contributed by atoms with E-state index in [0.717, 1.165) is 29.9 Å². The number of amides is 1. The average Bonchev–Trinajstić information content (AvgIpc) is 3.75. The molecule has 238 valence electrons. The number of para-hydroxylation sites is 1. The minimum absolute atomic E-state index is 0.0376. The average molecular weight is 674 g/mol. The summed E-state index contributed by atoms with van der Waals surface area (Å²) < 4.78 is 42.6. The van der Waals surface area contributed by atoms with Gasteiger partial charge in [-0.25, -0.2) is 18.4 Å². The van der Waals surface area contributed by atoms with E-state index in [0.29, 0.717) is 56.0 Å². The van der Waals surface area contributed by atoms with Crippen molar-refractivity contribution in [1.82, 2.24) is 29.1 Å². The van der Waals surface area contributed by atoms with Crippen LogP contribution >= 0.6 is 23.2 Å². The number of pyridine rings is 1. The number of ether oxygens (including phenoxy) is 2. The third kappa shape index (κ3) is 6.67. The third-order valence-electron chi connectivity index (χ3n) is 8.14. The normalized spacial score (nSPS) is 18.0. The zero-order chi connectivity index (χ0) is 31.6. The van der Waals surface area contributed by atoms with Crippen LogP contribution < -0.4 is 10.1 Å². The second-order valence-corrected chi connectivity index (χ2v) is 13.7. The predicted molar refractivity (Wildman–Crippen MR) is 172 cm³/mol. The van der Waals surface area contributed by atoms with Crippen molar-refractivity contribution < 1.29 is 22.7 Å². The molecule has 1 N–H and O–H groups in total. The van der Waals surface area contributed by atoms with Crippen LogP contribution in [0.2, 0.25) is 10.0 Å². The number of imidazole rings is 1. The van der Waals surface area contributed by atoms with Gasteiger partial charge in [0.05, 0.1) is 30.3 Å². The molecule has 45 heavy (non-hydrogen) atoms. The van der Waals surface area contributed by atoms with Gasteiger partial charge >= 0.3 is 0 Å². The van der Waals surface area contributed by atoms with Crippen LogP contribution in [0.15, 0.2) is 60.0 Å². The van der Waals surface area contributed by atoms with Crippen molar-refractivity contribution in [3.63, 3.8) is 0 Å². The van der Waals surface area contributed by atoms with Crippen LogP contribution in [0.1, 0.15) is 24.1 Å². The first-order valence-corrected chi connectivity index (χ1v) is 17.0. The number of aromatic nitrogens is 3. The van der Waals surface area contributed by atoms with Gasteiger partial charge in [0.25, 0.3) is 0 Å². The fraction of sp³-hybridized carbons (Fsp3) is 0.387. The van der Waals surface area contributed by atoms with E-state index in [2.05, 4.69) is 15.2 Å². The number of carbonyl (C=O) groups is 1. The van der Waals surface area contributed by atoms with Gasteiger partial charge < -0.3 is 19.4 Å². The summed E-state index contributed by atoms with van der Waals surface area (Å²) in [4.78, 5) is 24.1. The Kier molecular flexibility index (Phi) is 9.60. The smallest absolute Gasteiger partial charge is 0.245 e. The maximum Gasteiger partial charge on any atom is 0.245 e. The zero-order valence-corrected chi connectivity index (χ0v) is 27.1. The van der Waals surface area contributed by atoms with Gasteiger partial charge in [-0.1, -0.05) is 35.3 Å². The minimum Gasteiger partial charge on any atom is -0.487 e. The number of rotatable bonds is 10. The molecule has 2 fully saturated rings. The number of sulfonamides is 1. The first kappa shape index (κ1) is 31.7. The maximum absolute atomic E-state index is 13.9. The lowest BCUT2D eigenvalue weighted by atomic mass is 10.1. The fourth-order valence-corrected chi connectivity index (χ4v) is 8.33. The van der Waals surface area contributed by atoms with Crippen molar-refractivity contribution in [2.45, 2.75) is 37.3 Å². The van der Waals surface area contributed by atoms with Crippen LogP contribution in [-0.4, -0.2) is 90.0 Å². The Bertz CT molecular complexity index is 1800. The summed E-state index contributed by atoms with van der Waals surface area (Å²) in [5, 5.41) is 4.00. The molecule has 2 aliphatic heterocycles. The molecule has 0 radical (unpaired) electrons. The first-order chi connectivity index (χ1) is 21.7. The van der Waals surface area contributed by atoms with E-state index in [1.807, 2.05) is 35.9 Å². The highest BCUT2D eigenvalue weighted by molar-refractivity contribution is 7.89. The number of carbonyl (C=O) groups excluding carboxylic acids is 1. The van der Waals surface area contributed by atoms with Crippen molar-refractivity contribution in [2.24, 2.45) is 0 Å². The van der Waals surface area contributed by atoms with Crippen molar-refractivity contribution in [3.05, 3.63) is 76.4 Å². The van der Waals surface area contributed by atoms with Crippen LogP contribution in [0, 0.1) is 6.92 Å². The van der Waals surface area contributed by atoms with Gasteiger partial charge in [0, 0.05) is 66.8 Å². The highest BCUT2D eigenvalue weighted by Gasteiger charge is 2.40. The number of nitrogens with zero attached hydrogens (tertiary/aromatic N) is 5. The minimum atomic E-state index is -4.12. The summed E-state index contributed by atoms with van der Waals surface area (Å²) in [5.74, 6) is 0.179. The molecule has 1 amide bonds. The standard InChI is InChI=1S/C31H34Cl2N6O5S/c1-21-18-26(38-13-9-34-20-38)22-4-2-6-27(30(22)36-21)44-19-23-24(32)7-8-28(29(23)33)45(41,42)39-11-3-5-25(39)31(40)35-10-12-37-14-16-43-17-15-37/h2,4,6-9,13,18,20,25H,3,5,10-12,14-17,19H2,1H3,(H,35,40)/t25-/m0/s1. The van der Waals surface area contributed by atoms with Gasteiger partial charge in [-0.2, -0.15) is 4.31 Å². The van der Waals surface area contributed by atoms with Crippen LogP contribution in [-0.2, 0) is 26.2 Å². The summed E-state index contributed by atoms with van der Waals surface area (Å²) in [6, 6.07) is 9.62. The molecule has 14 heteroatoms. The van der Waals surface area contributed by atoms with Crippen molar-refractivity contribution >= 4 is 50.0 Å². The van der Waals surface area contributed by atoms with E-state index >= 15 is 0 Å².